The molecule has 2 aromatic carbocycles. The van der Waals surface area contributed by atoms with Crippen LogP contribution in [0.3, 0.4) is 0 Å². The maximum atomic E-state index is 9.95. The molecule has 5 rings (SSSR count). The zero-order valence-corrected chi connectivity index (χ0v) is 15.2. The number of hydrogen-bond donors (Lipinski definition) is 2. The van der Waals surface area contributed by atoms with E-state index in [9.17, 15) is 10.2 Å². The quantitative estimate of drug-likeness (QED) is 0.548. The summed E-state index contributed by atoms with van der Waals surface area (Å²) in [6.45, 7) is -0.206. The van der Waals surface area contributed by atoms with Crippen LogP contribution in [0, 0.1) is 0 Å². The number of aliphatic hydroxyl groups excluding tert-OH is 2. The van der Waals surface area contributed by atoms with Crippen molar-refractivity contribution < 1.29 is 24.1 Å². The molecule has 0 spiro atoms. The number of para-hydroxylation sites is 2. The lowest BCUT2D eigenvalue weighted by Gasteiger charge is -2.21. The smallest absolute Gasteiger partial charge is 0.152 e. The molecule has 3 atom stereocenters. The normalized spacial score (nSPS) is 23.6. The summed E-state index contributed by atoms with van der Waals surface area (Å²) in [6.07, 6.45) is -1.20. The first-order chi connectivity index (χ1) is 13.2. The predicted octanol–water partition coefficient (Wildman–Crippen LogP) is 4.39. The molecular weight excluding hydrogens is 364 g/mol. The van der Waals surface area contributed by atoms with Gasteiger partial charge in [0.15, 0.2) is 5.75 Å². The Kier molecular flexibility index (Phi) is 4.21. The van der Waals surface area contributed by atoms with Gasteiger partial charge in [-0.1, -0.05) is 30.0 Å². The van der Waals surface area contributed by atoms with Crippen LogP contribution >= 0.6 is 11.8 Å². The minimum Gasteiger partial charge on any atom is -0.458 e. The van der Waals surface area contributed by atoms with Crippen molar-refractivity contribution in [1.29, 1.82) is 0 Å². The van der Waals surface area contributed by atoms with Gasteiger partial charge >= 0.3 is 0 Å². The molecule has 0 amide bonds. The molecule has 2 N–H and O–H groups in total. The van der Waals surface area contributed by atoms with E-state index in [0.717, 1.165) is 26.9 Å². The molecule has 3 aromatic rings. The average Bonchev–Trinajstić information content (AvgIpc) is 3.32. The molecule has 0 aliphatic carbocycles. The highest BCUT2D eigenvalue weighted by Gasteiger charge is 2.36. The standard InChI is InChI=1S/C21H18O5S/c22-11-18-13(23)10-17(25-18)15-9-8-14(24-15)12-4-3-7-20-21(12)26-16-5-1-2-6-19(16)27-20/h1-9,13,17-18,22-23H,10-11H2/t13-,17+,18+/m0/s1. The van der Waals surface area contributed by atoms with Crippen LogP contribution in [-0.4, -0.2) is 29.0 Å². The fourth-order valence-corrected chi connectivity index (χ4v) is 4.47. The molecule has 0 bridgehead atoms. The van der Waals surface area contributed by atoms with Crippen molar-refractivity contribution >= 4 is 11.8 Å². The topological polar surface area (TPSA) is 72.1 Å². The first-order valence-corrected chi connectivity index (χ1v) is 9.67. The molecule has 0 saturated carbocycles. The van der Waals surface area contributed by atoms with E-state index in [0.29, 0.717) is 17.9 Å². The van der Waals surface area contributed by atoms with Crippen LogP contribution in [0.4, 0.5) is 0 Å². The summed E-state index contributed by atoms with van der Waals surface area (Å²) < 4.78 is 17.9. The van der Waals surface area contributed by atoms with Crippen molar-refractivity contribution in [2.75, 3.05) is 6.61 Å². The molecule has 6 heteroatoms. The van der Waals surface area contributed by atoms with Gasteiger partial charge < -0.3 is 24.1 Å². The highest BCUT2D eigenvalue weighted by molar-refractivity contribution is 7.99. The first kappa shape index (κ1) is 16.9. The van der Waals surface area contributed by atoms with Crippen molar-refractivity contribution in [3.63, 3.8) is 0 Å². The second kappa shape index (κ2) is 6.73. The van der Waals surface area contributed by atoms with Gasteiger partial charge in [0.1, 0.15) is 29.5 Å². The van der Waals surface area contributed by atoms with E-state index < -0.39 is 12.2 Å². The largest absolute Gasteiger partial charge is 0.458 e. The van der Waals surface area contributed by atoms with Gasteiger partial charge in [0.05, 0.1) is 28.1 Å². The second-order valence-corrected chi connectivity index (χ2v) is 7.72. The summed E-state index contributed by atoms with van der Waals surface area (Å²) >= 11 is 1.67. The summed E-state index contributed by atoms with van der Waals surface area (Å²) in [6, 6.07) is 17.7. The van der Waals surface area contributed by atoms with Crippen molar-refractivity contribution in [2.45, 2.75) is 34.5 Å². The molecule has 2 aliphatic heterocycles. The Hall–Kier alpha value is -2.25. The Bertz CT molecular complexity index is 982. The zero-order chi connectivity index (χ0) is 18.4. The fourth-order valence-electron chi connectivity index (χ4n) is 3.49. The minimum absolute atomic E-state index is 0.206. The second-order valence-electron chi connectivity index (χ2n) is 6.63. The van der Waals surface area contributed by atoms with E-state index in [1.807, 2.05) is 54.6 Å². The van der Waals surface area contributed by atoms with Crippen molar-refractivity contribution in [3.8, 4) is 22.8 Å². The fraction of sp³-hybridized carbons (Fsp3) is 0.238. The molecule has 3 heterocycles. The molecular formula is C21H18O5S. The Labute approximate surface area is 160 Å². The summed E-state index contributed by atoms with van der Waals surface area (Å²) in [5.41, 5.74) is 0.873. The molecule has 1 fully saturated rings. The maximum Gasteiger partial charge on any atom is 0.152 e. The van der Waals surface area contributed by atoms with Crippen molar-refractivity contribution in [3.05, 3.63) is 60.4 Å². The van der Waals surface area contributed by atoms with Gasteiger partial charge in [-0.3, -0.25) is 0 Å². The van der Waals surface area contributed by atoms with Crippen LogP contribution in [-0.2, 0) is 4.74 Å². The lowest BCUT2D eigenvalue weighted by molar-refractivity contribution is -0.0275. The molecule has 0 unspecified atom stereocenters. The number of rotatable bonds is 3. The summed E-state index contributed by atoms with van der Waals surface area (Å²) in [5, 5.41) is 19.2. The summed E-state index contributed by atoms with van der Waals surface area (Å²) in [7, 11) is 0. The lowest BCUT2D eigenvalue weighted by atomic mass is 10.1. The Morgan fingerprint density at radius 1 is 1.00 bits per heavy atom. The van der Waals surface area contributed by atoms with Crippen LogP contribution in [0.2, 0.25) is 0 Å². The van der Waals surface area contributed by atoms with E-state index in [-0.39, 0.29) is 12.7 Å². The third-order valence-corrected chi connectivity index (χ3v) is 5.97. The number of benzene rings is 2. The van der Waals surface area contributed by atoms with E-state index in [4.69, 9.17) is 13.9 Å². The molecule has 5 nitrogen and oxygen atoms in total. The molecule has 1 saturated heterocycles. The number of fused-ring (bicyclic) bond motifs is 2. The Morgan fingerprint density at radius 2 is 1.85 bits per heavy atom. The number of ether oxygens (including phenoxy) is 2. The SMILES string of the molecule is OC[C@H]1O[C@@H](c2ccc(-c3cccc4c3Oc3ccccc3S4)o2)C[C@@H]1O. The van der Waals surface area contributed by atoms with Crippen LogP contribution in [0.15, 0.2) is 68.8 Å². The average molecular weight is 382 g/mol. The van der Waals surface area contributed by atoms with E-state index in [1.165, 1.54) is 0 Å². The molecule has 1 aromatic heterocycles. The van der Waals surface area contributed by atoms with E-state index in [1.54, 1.807) is 11.8 Å². The highest BCUT2D eigenvalue weighted by Crippen LogP contribution is 2.51. The van der Waals surface area contributed by atoms with Gasteiger partial charge in [-0.2, -0.15) is 0 Å². The van der Waals surface area contributed by atoms with Crippen molar-refractivity contribution in [2.24, 2.45) is 0 Å². The molecule has 0 radical (unpaired) electrons. The summed E-state index contributed by atoms with van der Waals surface area (Å²) in [5.74, 6) is 2.94. The Balaban J connectivity index is 1.47. The monoisotopic (exact) mass is 382 g/mol. The minimum atomic E-state index is -0.686. The third kappa shape index (κ3) is 2.95. The molecule has 27 heavy (non-hydrogen) atoms. The number of furan rings is 1. The predicted molar refractivity (Wildman–Crippen MR) is 100 cm³/mol. The number of aliphatic hydroxyl groups is 2. The third-order valence-electron chi connectivity index (χ3n) is 4.87. The summed E-state index contributed by atoms with van der Waals surface area (Å²) in [4.78, 5) is 2.13. The van der Waals surface area contributed by atoms with Gasteiger partial charge in [0.25, 0.3) is 0 Å². The zero-order valence-electron chi connectivity index (χ0n) is 14.4. The van der Waals surface area contributed by atoms with Gasteiger partial charge in [-0.15, -0.1) is 0 Å². The van der Waals surface area contributed by atoms with Crippen LogP contribution in [0.1, 0.15) is 18.3 Å². The maximum absolute atomic E-state index is 9.95. The van der Waals surface area contributed by atoms with Gasteiger partial charge in [0.2, 0.25) is 0 Å². The van der Waals surface area contributed by atoms with Crippen LogP contribution < -0.4 is 4.74 Å². The van der Waals surface area contributed by atoms with E-state index in [2.05, 4.69) is 0 Å². The lowest BCUT2D eigenvalue weighted by Crippen LogP contribution is -2.24. The van der Waals surface area contributed by atoms with Crippen LogP contribution in [0.25, 0.3) is 11.3 Å². The number of hydrogen-bond acceptors (Lipinski definition) is 6. The first-order valence-electron chi connectivity index (χ1n) is 8.85. The van der Waals surface area contributed by atoms with Crippen molar-refractivity contribution in [1.82, 2.24) is 0 Å². The van der Waals surface area contributed by atoms with Gasteiger partial charge in [0, 0.05) is 6.42 Å². The highest BCUT2D eigenvalue weighted by atomic mass is 32.2. The Morgan fingerprint density at radius 3 is 2.70 bits per heavy atom. The molecule has 2 aliphatic rings. The van der Waals surface area contributed by atoms with Crippen LogP contribution in [0.5, 0.6) is 11.5 Å². The molecule has 138 valence electrons. The van der Waals surface area contributed by atoms with Gasteiger partial charge in [-0.25, -0.2) is 0 Å². The van der Waals surface area contributed by atoms with E-state index >= 15 is 0 Å². The van der Waals surface area contributed by atoms with Gasteiger partial charge in [-0.05, 0) is 36.4 Å².